The van der Waals surface area contributed by atoms with Crippen LogP contribution in [0.25, 0.3) is 0 Å². The van der Waals surface area contributed by atoms with Crippen molar-refractivity contribution in [1.29, 1.82) is 0 Å². The molecule has 0 unspecified atom stereocenters. The largest absolute Gasteiger partial charge is 2.00 e. The first-order valence-electron chi connectivity index (χ1n) is 1.03. The topological polar surface area (TPSA) is 83.8 Å². The molecule has 0 aromatic heterocycles. The van der Waals surface area contributed by atoms with Gasteiger partial charge in [-0.2, -0.15) is 8.42 Å². The van der Waals surface area contributed by atoms with Crippen molar-refractivity contribution in [3.8, 4) is 0 Å². The first kappa shape index (κ1) is 11.7. The van der Waals surface area contributed by atoms with Gasteiger partial charge < -0.3 is 2.85 Å². The first-order valence-corrected chi connectivity index (χ1v) is 3.10. The average Bonchev–Trinajstić information content (AvgIpc) is 1.27. The van der Waals surface area contributed by atoms with E-state index in [-0.39, 0.29) is 25.9 Å². The zero-order valence-corrected chi connectivity index (χ0v) is 6.69. The summed E-state index contributed by atoms with van der Waals surface area (Å²) in [6, 6.07) is 0. The molecule has 0 heterocycles. The van der Waals surface area contributed by atoms with Crippen LogP contribution in [-0.4, -0.2) is 40.6 Å². The van der Waals surface area contributed by atoms with Crippen LogP contribution in [0.1, 0.15) is 2.85 Å². The standard InChI is InChI=1S/Mg.H2O5S2.2H/c;1-6(2)5-7(3)4;;/h;(H,1,2)(H,3,4);;/q+2;;2*-1. The van der Waals surface area contributed by atoms with Crippen LogP contribution in [0.4, 0.5) is 0 Å². The molecule has 0 rings (SSSR count). The van der Waals surface area contributed by atoms with Gasteiger partial charge in [-0.25, -0.2) is 0 Å². The van der Waals surface area contributed by atoms with Gasteiger partial charge in [-0.05, 0) is 0 Å². The van der Waals surface area contributed by atoms with Crippen molar-refractivity contribution in [2.75, 3.05) is 0 Å². The third kappa shape index (κ3) is 10.0. The van der Waals surface area contributed by atoms with E-state index in [4.69, 9.17) is 9.11 Å². The van der Waals surface area contributed by atoms with Gasteiger partial charge in [0.2, 0.25) is 0 Å². The van der Waals surface area contributed by atoms with Gasteiger partial charge in [-0.3, -0.25) is 9.11 Å². The molecule has 0 radical (unpaired) electrons. The van der Waals surface area contributed by atoms with E-state index in [2.05, 4.69) is 3.63 Å². The number of rotatable bonds is 2. The molecular weight excluding hydrogens is 168 g/mol. The number of hydrogen-bond acceptors (Lipinski definition) is 3. The first-order chi connectivity index (χ1) is 3.13. The van der Waals surface area contributed by atoms with E-state index in [1.807, 2.05) is 0 Å². The van der Waals surface area contributed by atoms with Crippen molar-refractivity contribution in [3.63, 3.8) is 0 Å². The normalized spacial score (nSPS) is 16.2. The third-order valence-electron chi connectivity index (χ3n) is 0.116. The van der Waals surface area contributed by atoms with E-state index in [0.29, 0.717) is 0 Å². The van der Waals surface area contributed by atoms with Crippen molar-refractivity contribution in [2.24, 2.45) is 0 Å². The monoisotopic (exact) mass is 172 g/mol. The third-order valence-corrected chi connectivity index (χ3v) is 1.05. The average molecular weight is 172 g/mol. The fourth-order valence-electron chi connectivity index (χ4n) is 0.0498. The van der Waals surface area contributed by atoms with E-state index >= 15 is 0 Å². The molecule has 5 nitrogen and oxygen atoms in total. The summed E-state index contributed by atoms with van der Waals surface area (Å²) < 4.78 is 37.2. The smallest absolute Gasteiger partial charge is 1.00 e. The van der Waals surface area contributed by atoms with E-state index in [1.54, 1.807) is 0 Å². The summed E-state index contributed by atoms with van der Waals surface area (Å²) in [6.07, 6.45) is 0. The van der Waals surface area contributed by atoms with Gasteiger partial charge in [0.1, 0.15) is 0 Å². The quantitative estimate of drug-likeness (QED) is 0.417. The van der Waals surface area contributed by atoms with Crippen LogP contribution in [0.3, 0.4) is 0 Å². The van der Waals surface area contributed by atoms with Crippen molar-refractivity contribution in [3.05, 3.63) is 0 Å². The van der Waals surface area contributed by atoms with Gasteiger partial charge in [-0.1, -0.05) is 0 Å². The van der Waals surface area contributed by atoms with Gasteiger partial charge in [0.25, 0.3) is 0 Å². The maximum absolute atomic E-state index is 9.35. The molecule has 0 saturated carbocycles. The molecule has 48 valence electrons. The van der Waals surface area contributed by atoms with Crippen molar-refractivity contribution >= 4 is 45.8 Å². The predicted octanol–water partition coefficient (Wildman–Crippen LogP) is -0.879. The van der Waals surface area contributed by atoms with E-state index < -0.39 is 22.7 Å². The molecule has 0 fully saturated rings. The van der Waals surface area contributed by atoms with E-state index in [0.717, 1.165) is 0 Å². The van der Waals surface area contributed by atoms with Crippen LogP contribution in [0, 0.1) is 0 Å². The zero-order valence-electron chi connectivity index (χ0n) is 5.64. The molecule has 0 aromatic rings. The molecule has 2 N–H and O–H groups in total. The predicted molar refractivity (Wildman–Crippen MR) is 30.6 cm³/mol. The Balaban J connectivity index is -0.0000000600. The Labute approximate surface area is 69.9 Å². The molecule has 0 aromatic carbocycles. The molecule has 0 aliphatic carbocycles. The summed E-state index contributed by atoms with van der Waals surface area (Å²) in [7, 11) is 0. The molecule has 0 aliphatic rings. The molecule has 8 heavy (non-hydrogen) atoms. The summed E-state index contributed by atoms with van der Waals surface area (Å²) in [5, 5.41) is 0. The van der Waals surface area contributed by atoms with Crippen LogP contribution in [0.2, 0.25) is 0 Å². The molecule has 0 atom stereocenters. The van der Waals surface area contributed by atoms with Crippen molar-refractivity contribution < 1.29 is 24.0 Å². The molecular formula is H4MgO5S2. The second-order valence-electron chi connectivity index (χ2n) is 0.502. The second-order valence-corrected chi connectivity index (χ2v) is 1.92. The maximum Gasteiger partial charge on any atom is 2.00 e. The second kappa shape index (κ2) is 6.07. The number of hydrogen-bond donors (Lipinski definition) is 2. The van der Waals surface area contributed by atoms with Crippen molar-refractivity contribution in [1.82, 2.24) is 0 Å². The maximum atomic E-state index is 9.35. The van der Waals surface area contributed by atoms with Gasteiger partial charge in [0.15, 0.2) is 0 Å². The Morgan fingerprint density at radius 3 is 1.50 bits per heavy atom. The van der Waals surface area contributed by atoms with E-state index in [1.165, 1.54) is 0 Å². The van der Waals surface area contributed by atoms with Crippen LogP contribution < -0.4 is 0 Å². The molecule has 0 saturated heterocycles. The van der Waals surface area contributed by atoms with Crippen LogP contribution in [0.15, 0.2) is 0 Å². The Bertz CT molecular complexity index is 93.8. The van der Waals surface area contributed by atoms with Crippen LogP contribution in [-0.2, 0) is 26.4 Å². The SMILES string of the molecule is O=S(O)OS(=O)O.[H-].[H-].[Mg+2]. The van der Waals surface area contributed by atoms with Gasteiger partial charge in [-0.15, -0.1) is 3.63 Å². The fraction of sp³-hybridized carbons (Fsp3) is 0. The minimum atomic E-state index is -2.65. The summed E-state index contributed by atoms with van der Waals surface area (Å²) in [5.74, 6) is 0. The molecule has 0 amide bonds. The van der Waals surface area contributed by atoms with Gasteiger partial charge in [0, 0.05) is 0 Å². The summed E-state index contributed by atoms with van der Waals surface area (Å²) in [6.45, 7) is 0. The molecule has 0 spiro atoms. The summed E-state index contributed by atoms with van der Waals surface area (Å²) in [4.78, 5) is 0. The molecule has 8 heteroatoms. The minimum absolute atomic E-state index is 0. The minimum Gasteiger partial charge on any atom is -1.00 e. The molecule has 0 aliphatic heterocycles. The van der Waals surface area contributed by atoms with Crippen LogP contribution >= 0.6 is 0 Å². The van der Waals surface area contributed by atoms with Crippen LogP contribution in [0.5, 0.6) is 0 Å². The Morgan fingerprint density at radius 1 is 1.25 bits per heavy atom. The van der Waals surface area contributed by atoms with Gasteiger partial charge in [0.05, 0.1) is 0 Å². The van der Waals surface area contributed by atoms with Crippen molar-refractivity contribution in [2.45, 2.75) is 0 Å². The zero-order chi connectivity index (χ0) is 5.86. The Morgan fingerprint density at radius 2 is 1.50 bits per heavy atom. The van der Waals surface area contributed by atoms with Gasteiger partial charge >= 0.3 is 45.8 Å². The fourth-order valence-corrected chi connectivity index (χ4v) is 0.448. The molecule has 0 bridgehead atoms. The Hall–Kier alpha value is 0.946. The van der Waals surface area contributed by atoms with E-state index in [9.17, 15) is 8.42 Å². The summed E-state index contributed by atoms with van der Waals surface area (Å²) >= 11 is -5.29. The summed E-state index contributed by atoms with van der Waals surface area (Å²) in [5.41, 5.74) is 0. The Kier molecular flexibility index (Phi) is 8.89.